The molecule has 0 aromatic heterocycles. The molecule has 1 aliphatic rings. The number of nitrogens with one attached hydrogen (secondary N) is 1. The summed E-state index contributed by atoms with van der Waals surface area (Å²) in [5, 5.41) is 3.73. The molecule has 5 heteroatoms. The highest BCUT2D eigenvalue weighted by Crippen LogP contribution is 2.31. The second kappa shape index (κ2) is 7.11. The van der Waals surface area contributed by atoms with Crippen LogP contribution in [0.1, 0.15) is 24.5 Å². The standard InChI is InChI=1S/C20H19ClN2O2/c1-3-11-23-19(24)17(14-7-9-15(21)10-8-14)18(20(23)25)22-16-6-4-5-13(2)12-16/h4-10,12,22H,3,11H2,1-2H3. The Kier molecular flexibility index (Phi) is 4.91. The van der Waals surface area contributed by atoms with Gasteiger partial charge in [0.1, 0.15) is 5.70 Å². The molecule has 2 amide bonds. The zero-order valence-corrected chi connectivity index (χ0v) is 14.9. The number of rotatable bonds is 5. The molecule has 2 aromatic rings. The van der Waals surface area contributed by atoms with Crippen LogP contribution in [-0.2, 0) is 9.59 Å². The van der Waals surface area contributed by atoms with Crippen LogP contribution in [0.2, 0.25) is 5.02 Å². The van der Waals surface area contributed by atoms with Crippen molar-refractivity contribution in [2.24, 2.45) is 0 Å². The van der Waals surface area contributed by atoms with Gasteiger partial charge in [0.2, 0.25) is 0 Å². The van der Waals surface area contributed by atoms with Gasteiger partial charge in [-0.05, 0) is 48.7 Å². The molecule has 2 aromatic carbocycles. The van der Waals surface area contributed by atoms with E-state index in [1.807, 2.05) is 38.1 Å². The second-order valence-electron chi connectivity index (χ2n) is 6.01. The third kappa shape index (κ3) is 3.44. The molecule has 0 aliphatic carbocycles. The minimum absolute atomic E-state index is 0.274. The zero-order chi connectivity index (χ0) is 18.0. The summed E-state index contributed by atoms with van der Waals surface area (Å²) in [5.41, 5.74) is 3.22. The topological polar surface area (TPSA) is 49.4 Å². The molecule has 0 spiro atoms. The van der Waals surface area contributed by atoms with Crippen molar-refractivity contribution in [3.8, 4) is 0 Å². The summed E-state index contributed by atoms with van der Waals surface area (Å²) in [6.45, 7) is 4.31. The van der Waals surface area contributed by atoms with Crippen LogP contribution in [0, 0.1) is 6.92 Å². The number of carbonyl (C=O) groups is 2. The number of halogens is 1. The van der Waals surface area contributed by atoms with Crippen molar-refractivity contribution in [1.82, 2.24) is 4.90 Å². The first-order valence-corrected chi connectivity index (χ1v) is 8.59. The van der Waals surface area contributed by atoms with Gasteiger partial charge >= 0.3 is 0 Å². The Morgan fingerprint density at radius 2 is 1.76 bits per heavy atom. The van der Waals surface area contributed by atoms with Crippen molar-refractivity contribution in [1.29, 1.82) is 0 Å². The molecule has 0 saturated heterocycles. The lowest BCUT2D eigenvalue weighted by Gasteiger charge is -2.13. The third-order valence-corrected chi connectivity index (χ3v) is 4.29. The maximum atomic E-state index is 12.8. The average Bonchev–Trinajstić information content (AvgIpc) is 2.81. The van der Waals surface area contributed by atoms with Crippen molar-refractivity contribution in [2.75, 3.05) is 11.9 Å². The average molecular weight is 355 g/mol. The van der Waals surface area contributed by atoms with Crippen LogP contribution in [0.25, 0.3) is 5.57 Å². The molecule has 128 valence electrons. The van der Waals surface area contributed by atoms with Crippen LogP contribution < -0.4 is 5.32 Å². The molecular weight excluding hydrogens is 336 g/mol. The first-order valence-electron chi connectivity index (χ1n) is 8.21. The second-order valence-corrected chi connectivity index (χ2v) is 6.45. The van der Waals surface area contributed by atoms with Gasteiger partial charge in [0.05, 0.1) is 5.57 Å². The van der Waals surface area contributed by atoms with Gasteiger partial charge in [0.15, 0.2) is 0 Å². The Morgan fingerprint density at radius 3 is 2.40 bits per heavy atom. The van der Waals surface area contributed by atoms with Crippen LogP contribution in [-0.4, -0.2) is 23.3 Å². The van der Waals surface area contributed by atoms with Gasteiger partial charge in [0.25, 0.3) is 11.8 Å². The van der Waals surface area contributed by atoms with Gasteiger partial charge < -0.3 is 5.32 Å². The summed E-state index contributed by atoms with van der Waals surface area (Å²) in [5.74, 6) is -0.567. The van der Waals surface area contributed by atoms with Gasteiger partial charge in [-0.1, -0.05) is 42.8 Å². The van der Waals surface area contributed by atoms with E-state index in [1.165, 1.54) is 4.90 Å². The molecule has 1 N–H and O–H groups in total. The fourth-order valence-electron chi connectivity index (χ4n) is 2.87. The van der Waals surface area contributed by atoms with E-state index in [0.29, 0.717) is 34.8 Å². The third-order valence-electron chi connectivity index (χ3n) is 4.04. The van der Waals surface area contributed by atoms with Crippen molar-refractivity contribution in [2.45, 2.75) is 20.3 Å². The van der Waals surface area contributed by atoms with Crippen molar-refractivity contribution < 1.29 is 9.59 Å². The molecule has 1 aliphatic heterocycles. The normalized spacial score (nSPS) is 14.4. The quantitative estimate of drug-likeness (QED) is 0.816. The van der Waals surface area contributed by atoms with E-state index in [4.69, 9.17) is 11.6 Å². The van der Waals surface area contributed by atoms with Gasteiger partial charge in [0, 0.05) is 17.3 Å². The lowest BCUT2D eigenvalue weighted by molar-refractivity contribution is -0.136. The number of amides is 2. The molecule has 0 bridgehead atoms. The van der Waals surface area contributed by atoms with Crippen LogP contribution in [0.5, 0.6) is 0 Å². The summed E-state index contributed by atoms with van der Waals surface area (Å²) in [6.07, 6.45) is 0.711. The molecular formula is C20H19ClN2O2. The first kappa shape index (κ1) is 17.2. The van der Waals surface area contributed by atoms with Crippen molar-refractivity contribution in [3.05, 3.63) is 70.4 Å². The highest BCUT2D eigenvalue weighted by atomic mass is 35.5. The van der Waals surface area contributed by atoms with E-state index in [9.17, 15) is 9.59 Å². The van der Waals surface area contributed by atoms with Crippen LogP contribution >= 0.6 is 11.6 Å². The van der Waals surface area contributed by atoms with E-state index >= 15 is 0 Å². The summed E-state index contributed by atoms with van der Waals surface area (Å²) < 4.78 is 0. The highest BCUT2D eigenvalue weighted by molar-refractivity contribution is 6.36. The lowest BCUT2D eigenvalue weighted by Crippen LogP contribution is -2.33. The Balaban J connectivity index is 2.07. The number of nitrogens with zero attached hydrogens (tertiary/aromatic N) is 1. The smallest absolute Gasteiger partial charge is 0.278 e. The molecule has 0 radical (unpaired) electrons. The number of imide groups is 1. The maximum absolute atomic E-state index is 12.8. The Morgan fingerprint density at radius 1 is 1.04 bits per heavy atom. The summed E-state index contributed by atoms with van der Waals surface area (Å²) in [7, 11) is 0. The van der Waals surface area contributed by atoms with Crippen LogP contribution in [0.3, 0.4) is 0 Å². The lowest BCUT2D eigenvalue weighted by atomic mass is 10.0. The summed E-state index contributed by atoms with van der Waals surface area (Å²) >= 11 is 5.95. The number of carbonyl (C=O) groups excluding carboxylic acids is 2. The van der Waals surface area contributed by atoms with Crippen molar-refractivity contribution >= 4 is 34.7 Å². The Hall–Kier alpha value is -2.59. The summed E-state index contributed by atoms with van der Waals surface area (Å²) in [4.78, 5) is 26.9. The SMILES string of the molecule is CCCN1C(=O)C(Nc2cccc(C)c2)=C(c2ccc(Cl)cc2)C1=O. The predicted octanol–water partition coefficient (Wildman–Crippen LogP) is 4.25. The number of aryl methyl sites for hydroxylation is 1. The molecule has 0 unspecified atom stereocenters. The molecule has 0 fully saturated rings. The number of hydrogen-bond acceptors (Lipinski definition) is 3. The Bertz CT molecular complexity index is 856. The van der Waals surface area contributed by atoms with Crippen molar-refractivity contribution in [3.63, 3.8) is 0 Å². The van der Waals surface area contributed by atoms with Crippen LogP contribution in [0.4, 0.5) is 5.69 Å². The zero-order valence-electron chi connectivity index (χ0n) is 14.2. The monoisotopic (exact) mass is 354 g/mol. The van der Waals surface area contributed by atoms with Gasteiger partial charge in [-0.2, -0.15) is 0 Å². The van der Waals surface area contributed by atoms with Gasteiger partial charge in [-0.25, -0.2) is 0 Å². The van der Waals surface area contributed by atoms with E-state index in [2.05, 4.69) is 5.32 Å². The largest absolute Gasteiger partial charge is 0.350 e. The van der Waals surface area contributed by atoms with Gasteiger partial charge in [-0.15, -0.1) is 0 Å². The fourth-order valence-corrected chi connectivity index (χ4v) is 3.00. The fraction of sp³-hybridized carbons (Fsp3) is 0.200. The molecule has 0 atom stereocenters. The highest BCUT2D eigenvalue weighted by Gasteiger charge is 2.38. The molecule has 25 heavy (non-hydrogen) atoms. The molecule has 1 heterocycles. The van der Waals surface area contributed by atoms with Gasteiger partial charge in [-0.3, -0.25) is 14.5 Å². The van der Waals surface area contributed by atoms with E-state index in [-0.39, 0.29) is 11.8 Å². The maximum Gasteiger partial charge on any atom is 0.278 e. The number of hydrogen-bond donors (Lipinski definition) is 1. The molecule has 0 saturated carbocycles. The van der Waals surface area contributed by atoms with E-state index in [1.54, 1.807) is 24.3 Å². The predicted molar refractivity (Wildman–Crippen MR) is 100 cm³/mol. The van der Waals surface area contributed by atoms with E-state index in [0.717, 1.165) is 11.3 Å². The number of anilines is 1. The first-order chi connectivity index (χ1) is 12.0. The minimum Gasteiger partial charge on any atom is -0.350 e. The minimum atomic E-state index is -0.293. The Labute approximate surface area is 152 Å². The molecule has 3 rings (SSSR count). The van der Waals surface area contributed by atoms with Crippen LogP contribution in [0.15, 0.2) is 54.2 Å². The summed E-state index contributed by atoms with van der Waals surface area (Å²) in [6, 6.07) is 14.7. The number of benzene rings is 2. The van der Waals surface area contributed by atoms with E-state index < -0.39 is 0 Å². The molecule has 4 nitrogen and oxygen atoms in total.